The highest BCUT2D eigenvalue weighted by Gasteiger charge is 2.12. The number of nitriles is 1. The van der Waals surface area contributed by atoms with E-state index in [1.54, 1.807) is 127 Å². The molecule has 3 amide bonds. The van der Waals surface area contributed by atoms with Gasteiger partial charge >= 0.3 is 0 Å². The van der Waals surface area contributed by atoms with Gasteiger partial charge in [-0.15, -0.1) is 47.0 Å². The number of thioether (sulfide) groups is 4. The summed E-state index contributed by atoms with van der Waals surface area (Å²) in [5.41, 5.74) is 7.63. The average molecular weight is 1100 g/mol. The van der Waals surface area contributed by atoms with Gasteiger partial charge in [-0.25, -0.2) is 19.3 Å². The van der Waals surface area contributed by atoms with Crippen molar-refractivity contribution in [3.8, 4) is 11.8 Å². The minimum absolute atomic E-state index is 0.108. The van der Waals surface area contributed by atoms with E-state index in [1.807, 2.05) is 97.3 Å². The largest absolute Gasteiger partial charge is 0.494 e. The van der Waals surface area contributed by atoms with Gasteiger partial charge in [-0.3, -0.25) is 29.3 Å². The van der Waals surface area contributed by atoms with Crippen LogP contribution >= 0.6 is 47.0 Å². The lowest BCUT2D eigenvalue weighted by Crippen LogP contribution is -2.12. The molecule has 0 spiro atoms. The number of ether oxygens (including phenoxy) is 1. The molecular formula is C58H49FN10O4S4. The van der Waals surface area contributed by atoms with Crippen molar-refractivity contribution >= 4 is 81.8 Å². The van der Waals surface area contributed by atoms with Gasteiger partial charge in [0, 0.05) is 99.2 Å². The van der Waals surface area contributed by atoms with E-state index < -0.39 is 5.82 Å². The maximum Gasteiger partial charge on any atom is 0.255 e. The smallest absolute Gasteiger partial charge is 0.255 e. The summed E-state index contributed by atoms with van der Waals surface area (Å²) < 4.78 is 18.6. The molecule has 0 bridgehead atoms. The fraction of sp³-hybridized carbons (Fsp3) is 0.103. The van der Waals surface area contributed by atoms with Crippen LogP contribution in [-0.4, -0.2) is 61.0 Å². The van der Waals surface area contributed by atoms with Crippen LogP contribution in [0.15, 0.2) is 215 Å². The molecule has 6 aromatic carbocycles. The average Bonchev–Trinajstić information content (AvgIpc) is 3.48. The van der Waals surface area contributed by atoms with Gasteiger partial charge in [-0.1, -0.05) is 48.5 Å². The van der Waals surface area contributed by atoms with E-state index in [2.05, 4.69) is 51.9 Å². The van der Waals surface area contributed by atoms with Gasteiger partial charge in [0.05, 0.1) is 38.2 Å². The number of aromatic nitrogens is 6. The summed E-state index contributed by atoms with van der Waals surface area (Å²) >= 11 is 6.38. The van der Waals surface area contributed by atoms with Crippen molar-refractivity contribution < 1.29 is 23.5 Å². The van der Waals surface area contributed by atoms with E-state index >= 15 is 0 Å². The van der Waals surface area contributed by atoms with Crippen LogP contribution in [0.5, 0.6) is 5.75 Å². The van der Waals surface area contributed by atoms with E-state index in [4.69, 9.17) is 10.00 Å². The summed E-state index contributed by atoms with van der Waals surface area (Å²) in [7, 11) is 1.39. The van der Waals surface area contributed by atoms with Crippen LogP contribution in [0.2, 0.25) is 0 Å². The summed E-state index contributed by atoms with van der Waals surface area (Å²) in [5, 5.41) is 19.7. The third kappa shape index (κ3) is 18.7. The summed E-state index contributed by atoms with van der Waals surface area (Å²) in [6.07, 6.45) is 17.4. The second-order valence-electron chi connectivity index (χ2n) is 16.1. The molecule has 3 aromatic heterocycles. The first-order valence-electron chi connectivity index (χ1n) is 23.5. The molecule has 19 heteroatoms. The Morgan fingerprint density at radius 1 is 0.519 bits per heavy atom. The first-order chi connectivity index (χ1) is 37.6. The van der Waals surface area contributed by atoms with E-state index in [0.29, 0.717) is 46.0 Å². The van der Waals surface area contributed by atoms with Crippen molar-refractivity contribution in [2.24, 2.45) is 0 Å². The molecule has 9 rings (SSSR count). The zero-order chi connectivity index (χ0) is 54.0. The number of carbonyl (C=O) groups is 3. The van der Waals surface area contributed by atoms with Crippen LogP contribution < -0.4 is 20.7 Å². The molecule has 386 valence electrons. The molecule has 0 fully saturated rings. The highest BCUT2D eigenvalue weighted by molar-refractivity contribution is 7.99. The summed E-state index contributed by atoms with van der Waals surface area (Å²) in [6, 6.07) is 43.9. The van der Waals surface area contributed by atoms with Gasteiger partial charge in [0.25, 0.3) is 17.7 Å². The number of nitrogens with zero attached hydrogens (tertiary/aromatic N) is 7. The number of halogens is 1. The van der Waals surface area contributed by atoms with Gasteiger partial charge in [0.15, 0.2) is 11.6 Å². The van der Waals surface area contributed by atoms with E-state index in [9.17, 15) is 18.8 Å². The van der Waals surface area contributed by atoms with Crippen molar-refractivity contribution in [3.05, 3.63) is 240 Å². The van der Waals surface area contributed by atoms with Gasteiger partial charge in [-0.05, 0) is 113 Å². The topological polar surface area (TPSA) is 198 Å². The van der Waals surface area contributed by atoms with Crippen LogP contribution in [0.4, 0.5) is 21.5 Å². The lowest BCUT2D eigenvalue weighted by Gasteiger charge is -2.08. The molecule has 0 aliphatic heterocycles. The van der Waals surface area contributed by atoms with Crippen molar-refractivity contribution in [3.63, 3.8) is 0 Å². The van der Waals surface area contributed by atoms with E-state index in [0.717, 1.165) is 48.8 Å². The molecule has 0 radical (unpaired) electrons. The number of hydrogen-bond donors (Lipinski definition) is 3. The van der Waals surface area contributed by atoms with Crippen LogP contribution in [0.1, 0.15) is 53.3 Å². The van der Waals surface area contributed by atoms with Gasteiger partial charge in [0.1, 0.15) is 15.1 Å². The lowest BCUT2D eigenvalue weighted by molar-refractivity contribution is 0.101. The fourth-order valence-electron chi connectivity index (χ4n) is 6.78. The van der Waals surface area contributed by atoms with Gasteiger partial charge in [-0.2, -0.15) is 5.26 Å². The zero-order valence-electron chi connectivity index (χ0n) is 41.6. The van der Waals surface area contributed by atoms with Crippen molar-refractivity contribution in [2.75, 3.05) is 29.3 Å². The summed E-state index contributed by atoms with van der Waals surface area (Å²) in [4.78, 5) is 63.3. The lowest BCUT2D eigenvalue weighted by atomic mass is 10.1. The predicted octanol–water partition coefficient (Wildman–Crippen LogP) is 13.0. The minimum atomic E-state index is -0.528. The number of rotatable bonds is 18. The Morgan fingerprint density at radius 3 is 1.29 bits per heavy atom. The standard InChI is InChI=1S/C20H16N4OS.C19H16FN3O2S.C19H17N3OS2/c21-9-8-15-4-6-18(7-5-15)24-20(25)17-3-1-2-16(12-17)14-26-19-13-22-10-11-23-19;1-25-17-6-5-15(10-16(17)20)23-19(24)14-4-2-3-13(9-14)12-26-18-11-21-7-8-22-18;1-24-17-7-5-16(6-8-17)22-19(23)15-4-2-3-14(11-15)13-25-18-12-20-9-10-21-18/h1-7,10-13H,8,14H2,(H,24,25);2-11H,12H2,1H3,(H,23,24);2-12H,13H2,1H3,(H,22,23). The number of nitrogens with one attached hydrogen (secondary N) is 3. The highest BCUT2D eigenvalue weighted by atomic mass is 32.2. The molecule has 14 nitrogen and oxygen atoms in total. The quantitative estimate of drug-likeness (QED) is 0.0685. The summed E-state index contributed by atoms with van der Waals surface area (Å²) in [6.45, 7) is 0. The molecular weight excluding hydrogens is 1050 g/mol. The first kappa shape index (κ1) is 56.3. The van der Waals surface area contributed by atoms with Crippen molar-refractivity contribution in [2.45, 2.75) is 43.7 Å². The number of anilines is 3. The predicted molar refractivity (Wildman–Crippen MR) is 305 cm³/mol. The van der Waals surface area contributed by atoms with E-state index in [-0.39, 0.29) is 23.5 Å². The Bertz CT molecular complexity index is 3380. The Labute approximate surface area is 462 Å². The van der Waals surface area contributed by atoms with Crippen LogP contribution in [-0.2, 0) is 23.7 Å². The fourth-order valence-corrected chi connectivity index (χ4v) is 9.49. The Kier molecular flexibility index (Phi) is 22.1. The maximum atomic E-state index is 13.7. The molecule has 77 heavy (non-hydrogen) atoms. The zero-order valence-corrected chi connectivity index (χ0v) is 44.8. The second kappa shape index (κ2) is 30.2. The monoisotopic (exact) mass is 1100 g/mol. The molecule has 0 saturated heterocycles. The molecule has 3 N–H and O–H groups in total. The molecule has 3 heterocycles. The Hall–Kier alpha value is -8.41. The minimum Gasteiger partial charge on any atom is -0.494 e. The third-order valence-corrected chi connectivity index (χ3v) is 14.3. The van der Waals surface area contributed by atoms with Gasteiger partial charge in [0.2, 0.25) is 0 Å². The number of methoxy groups -OCH3 is 1. The number of hydrogen-bond acceptors (Lipinski definition) is 15. The van der Waals surface area contributed by atoms with Gasteiger partial charge < -0.3 is 20.7 Å². The van der Waals surface area contributed by atoms with Crippen molar-refractivity contribution in [1.29, 1.82) is 5.26 Å². The molecule has 9 aromatic rings. The first-order valence-corrected chi connectivity index (χ1v) is 27.6. The summed E-state index contributed by atoms with van der Waals surface area (Å²) in [5.74, 6) is 1.14. The Balaban J connectivity index is 0.000000168. The maximum absolute atomic E-state index is 13.7. The van der Waals surface area contributed by atoms with Crippen LogP contribution in [0.25, 0.3) is 0 Å². The number of benzene rings is 6. The molecule has 0 atom stereocenters. The molecule has 0 saturated carbocycles. The second-order valence-corrected chi connectivity index (χ2v) is 19.9. The third-order valence-electron chi connectivity index (χ3n) is 10.6. The Morgan fingerprint density at radius 2 is 0.922 bits per heavy atom. The molecule has 0 aliphatic rings. The number of carbonyl (C=O) groups excluding carboxylic acids is 3. The molecule has 0 unspecified atom stereocenters. The van der Waals surface area contributed by atoms with Crippen LogP contribution in [0, 0.1) is 17.1 Å². The molecule has 0 aliphatic carbocycles. The normalized spacial score (nSPS) is 10.3. The van der Waals surface area contributed by atoms with Crippen LogP contribution in [0.3, 0.4) is 0 Å². The SMILES string of the molecule is COc1ccc(NC(=O)c2cccc(CSc3cnccn3)c2)cc1F.CSc1ccc(NC(=O)c2cccc(CSc3cnccn3)c2)cc1.N#CCc1ccc(NC(=O)c2cccc(CSc3cnccn3)c2)cc1. The van der Waals surface area contributed by atoms with Crippen molar-refractivity contribution in [1.82, 2.24) is 29.9 Å². The number of amides is 3. The van der Waals surface area contributed by atoms with E-state index in [1.165, 1.54) is 35.9 Å². The highest BCUT2D eigenvalue weighted by Crippen LogP contribution is 2.25.